The third-order valence-corrected chi connectivity index (χ3v) is 5.27. The average molecular weight is 434 g/mol. The molecule has 0 aliphatic rings. The summed E-state index contributed by atoms with van der Waals surface area (Å²) < 4.78 is 16.0. The highest BCUT2D eigenvalue weighted by Gasteiger charge is 2.29. The molecule has 166 valence electrons. The highest BCUT2D eigenvalue weighted by molar-refractivity contribution is 5.94. The Morgan fingerprint density at radius 1 is 0.812 bits per heavy atom. The van der Waals surface area contributed by atoms with Gasteiger partial charge >= 0.3 is 11.9 Å². The molecule has 32 heavy (non-hydrogen) atoms. The zero-order valence-electron chi connectivity index (χ0n) is 18.1. The van der Waals surface area contributed by atoms with E-state index < -0.39 is 17.9 Å². The van der Waals surface area contributed by atoms with Crippen molar-refractivity contribution in [1.82, 2.24) is 0 Å². The Hall–Kier alpha value is -3.80. The molecule has 0 spiro atoms. The standard InChI is InChI=1S/C26H26O6/c1-30-23-14-13-18(16-24(23)31-2)15-21(25(27)28)26(29)32-17-22(19-9-5-3-6-10-19)20-11-7-4-8-12-20/h3-14,16,21-22H,15,17H2,1-2H3,(H,27,28). The zero-order chi connectivity index (χ0) is 22.9. The minimum atomic E-state index is -1.33. The van der Waals surface area contributed by atoms with Gasteiger partial charge in [-0.3, -0.25) is 9.59 Å². The number of hydrogen-bond donors (Lipinski definition) is 1. The van der Waals surface area contributed by atoms with E-state index in [0.717, 1.165) is 11.1 Å². The van der Waals surface area contributed by atoms with E-state index in [1.165, 1.54) is 14.2 Å². The molecule has 0 amide bonds. The van der Waals surface area contributed by atoms with E-state index in [9.17, 15) is 14.7 Å². The molecule has 6 heteroatoms. The lowest BCUT2D eigenvalue weighted by molar-refractivity contribution is -0.158. The van der Waals surface area contributed by atoms with E-state index in [1.807, 2.05) is 60.7 Å². The maximum absolute atomic E-state index is 12.8. The smallest absolute Gasteiger partial charge is 0.320 e. The summed E-state index contributed by atoms with van der Waals surface area (Å²) in [7, 11) is 3.02. The molecular weight excluding hydrogens is 408 g/mol. The number of hydrogen-bond acceptors (Lipinski definition) is 5. The zero-order valence-corrected chi connectivity index (χ0v) is 18.1. The average Bonchev–Trinajstić information content (AvgIpc) is 2.83. The third-order valence-electron chi connectivity index (χ3n) is 5.27. The Balaban J connectivity index is 1.76. The SMILES string of the molecule is COc1ccc(CC(C(=O)O)C(=O)OCC(c2ccccc2)c2ccccc2)cc1OC. The molecule has 1 unspecified atom stereocenters. The van der Waals surface area contributed by atoms with Gasteiger partial charge in [0.05, 0.1) is 14.2 Å². The van der Waals surface area contributed by atoms with Crippen LogP contribution in [-0.2, 0) is 20.7 Å². The number of methoxy groups -OCH3 is 2. The molecule has 3 rings (SSSR count). The highest BCUT2D eigenvalue weighted by Crippen LogP contribution is 2.29. The van der Waals surface area contributed by atoms with Gasteiger partial charge in [0.1, 0.15) is 6.61 Å². The van der Waals surface area contributed by atoms with Gasteiger partial charge in [0, 0.05) is 5.92 Å². The van der Waals surface area contributed by atoms with Crippen molar-refractivity contribution < 1.29 is 28.9 Å². The van der Waals surface area contributed by atoms with Crippen LogP contribution in [0.2, 0.25) is 0 Å². The normalized spacial score (nSPS) is 11.6. The number of aliphatic carboxylic acids is 1. The number of benzene rings is 3. The van der Waals surface area contributed by atoms with Crippen LogP contribution in [0.5, 0.6) is 11.5 Å². The van der Waals surface area contributed by atoms with Crippen LogP contribution < -0.4 is 9.47 Å². The van der Waals surface area contributed by atoms with Gasteiger partial charge in [0.2, 0.25) is 0 Å². The van der Waals surface area contributed by atoms with Crippen molar-refractivity contribution >= 4 is 11.9 Å². The first-order chi connectivity index (χ1) is 15.5. The lowest BCUT2D eigenvalue weighted by Crippen LogP contribution is -2.29. The predicted octanol–water partition coefficient (Wildman–Crippen LogP) is 4.32. The predicted molar refractivity (Wildman–Crippen MR) is 120 cm³/mol. The molecule has 0 saturated carbocycles. The van der Waals surface area contributed by atoms with Crippen LogP contribution in [0.3, 0.4) is 0 Å². The molecule has 0 aliphatic heterocycles. The van der Waals surface area contributed by atoms with E-state index >= 15 is 0 Å². The van der Waals surface area contributed by atoms with Gasteiger partial charge < -0.3 is 19.3 Å². The van der Waals surface area contributed by atoms with Crippen LogP contribution in [0.1, 0.15) is 22.6 Å². The Bertz CT molecular complexity index is 993. The number of carbonyl (C=O) groups is 2. The summed E-state index contributed by atoms with van der Waals surface area (Å²) in [6, 6.07) is 24.4. The number of carboxylic acid groups (broad SMARTS) is 1. The van der Waals surface area contributed by atoms with Gasteiger partial charge in [0.15, 0.2) is 17.4 Å². The largest absolute Gasteiger partial charge is 0.493 e. The number of carbonyl (C=O) groups excluding carboxylic acids is 1. The van der Waals surface area contributed by atoms with Gasteiger partial charge in [-0.2, -0.15) is 0 Å². The second-order valence-corrected chi connectivity index (χ2v) is 7.29. The fourth-order valence-electron chi connectivity index (χ4n) is 3.54. The Morgan fingerprint density at radius 3 is 1.88 bits per heavy atom. The fraction of sp³-hybridized carbons (Fsp3) is 0.231. The molecule has 0 fully saturated rings. The molecule has 6 nitrogen and oxygen atoms in total. The molecule has 0 aliphatic carbocycles. The van der Waals surface area contributed by atoms with Crippen LogP contribution in [0.4, 0.5) is 0 Å². The monoisotopic (exact) mass is 434 g/mol. The van der Waals surface area contributed by atoms with Gasteiger partial charge in [-0.1, -0.05) is 66.7 Å². The molecular formula is C26H26O6. The van der Waals surface area contributed by atoms with E-state index in [-0.39, 0.29) is 18.9 Å². The van der Waals surface area contributed by atoms with Crippen LogP contribution in [0, 0.1) is 5.92 Å². The maximum atomic E-state index is 12.8. The Morgan fingerprint density at radius 2 is 1.38 bits per heavy atom. The summed E-state index contributed by atoms with van der Waals surface area (Å²) in [5.41, 5.74) is 2.60. The van der Waals surface area contributed by atoms with E-state index in [0.29, 0.717) is 17.1 Å². The lowest BCUT2D eigenvalue weighted by atomic mass is 9.92. The van der Waals surface area contributed by atoms with Crippen molar-refractivity contribution in [2.75, 3.05) is 20.8 Å². The maximum Gasteiger partial charge on any atom is 0.320 e. The molecule has 3 aromatic rings. The van der Waals surface area contributed by atoms with Crippen molar-refractivity contribution in [3.8, 4) is 11.5 Å². The highest BCUT2D eigenvalue weighted by atomic mass is 16.5. The Labute approximate surface area is 187 Å². The fourth-order valence-corrected chi connectivity index (χ4v) is 3.54. The van der Waals surface area contributed by atoms with Crippen LogP contribution >= 0.6 is 0 Å². The molecule has 0 radical (unpaired) electrons. The third kappa shape index (κ3) is 5.66. The number of rotatable bonds is 10. The summed E-state index contributed by atoms with van der Waals surface area (Å²) >= 11 is 0. The first-order valence-electron chi connectivity index (χ1n) is 10.2. The number of esters is 1. The van der Waals surface area contributed by atoms with Crippen molar-refractivity contribution in [1.29, 1.82) is 0 Å². The molecule has 0 heterocycles. The van der Waals surface area contributed by atoms with Gasteiger partial charge in [0.25, 0.3) is 0 Å². The summed E-state index contributed by atoms with van der Waals surface area (Å²) in [5.74, 6) is -2.54. The molecule has 1 atom stereocenters. The van der Waals surface area contributed by atoms with E-state index in [2.05, 4.69) is 0 Å². The second-order valence-electron chi connectivity index (χ2n) is 7.29. The molecule has 1 N–H and O–H groups in total. The quantitative estimate of drug-likeness (QED) is 0.378. The van der Waals surface area contributed by atoms with Gasteiger partial charge in [-0.05, 0) is 35.2 Å². The van der Waals surface area contributed by atoms with Crippen molar-refractivity contribution in [3.63, 3.8) is 0 Å². The summed E-state index contributed by atoms with van der Waals surface area (Å²) in [5, 5.41) is 9.67. The van der Waals surface area contributed by atoms with E-state index in [4.69, 9.17) is 14.2 Å². The minimum absolute atomic E-state index is 0.0180. The Kier molecular flexibility index (Phi) is 7.86. The minimum Gasteiger partial charge on any atom is -0.493 e. The van der Waals surface area contributed by atoms with Crippen LogP contribution in [-0.4, -0.2) is 37.9 Å². The lowest BCUT2D eigenvalue weighted by Gasteiger charge is -2.20. The molecule has 0 aromatic heterocycles. The molecule has 0 saturated heterocycles. The van der Waals surface area contributed by atoms with Gasteiger partial charge in [-0.25, -0.2) is 0 Å². The second kappa shape index (κ2) is 11.0. The van der Waals surface area contributed by atoms with Crippen molar-refractivity contribution in [2.45, 2.75) is 12.3 Å². The first kappa shape index (κ1) is 22.9. The summed E-state index contributed by atoms with van der Waals surface area (Å²) in [4.78, 5) is 24.6. The van der Waals surface area contributed by atoms with Crippen molar-refractivity contribution in [3.05, 3.63) is 95.6 Å². The van der Waals surface area contributed by atoms with Gasteiger partial charge in [-0.15, -0.1) is 0 Å². The summed E-state index contributed by atoms with van der Waals surface area (Å²) in [6.45, 7) is 0.0442. The topological polar surface area (TPSA) is 82.1 Å². The number of carboxylic acids is 1. The summed E-state index contributed by atoms with van der Waals surface area (Å²) in [6.07, 6.45) is -0.0180. The number of ether oxygens (including phenoxy) is 3. The first-order valence-corrected chi connectivity index (χ1v) is 10.2. The van der Waals surface area contributed by atoms with Crippen LogP contribution in [0.25, 0.3) is 0 Å². The van der Waals surface area contributed by atoms with E-state index in [1.54, 1.807) is 18.2 Å². The molecule has 0 bridgehead atoms. The molecule has 3 aromatic carbocycles. The van der Waals surface area contributed by atoms with Crippen molar-refractivity contribution in [2.24, 2.45) is 5.92 Å². The van der Waals surface area contributed by atoms with Crippen LogP contribution in [0.15, 0.2) is 78.9 Å².